The summed E-state index contributed by atoms with van der Waals surface area (Å²) in [6.45, 7) is 1.25. The van der Waals surface area contributed by atoms with Gasteiger partial charge in [-0.1, -0.05) is 11.6 Å². The molecule has 2 heterocycles. The second-order valence-corrected chi connectivity index (χ2v) is 7.07. The number of benzene rings is 1. The number of likely N-dealkylation sites (tertiary alicyclic amines) is 1. The fourth-order valence-electron chi connectivity index (χ4n) is 3.15. The van der Waals surface area contributed by atoms with Crippen molar-refractivity contribution < 1.29 is 18.8 Å². The van der Waals surface area contributed by atoms with E-state index in [-0.39, 0.29) is 22.9 Å². The summed E-state index contributed by atoms with van der Waals surface area (Å²) >= 11 is 5.70. The molecule has 0 aromatic heterocycles. The number of halogens is 2. The normalized spacial score (nSPS) is 22.6. The van der Waals surface area contributed by atoms with Crippen molar-refractivity contribution in [3.8, 4) is 0 Å². The average Bonchev–Trinajstić information content (AvgIpc) is 3.20. The fourth-order valence-corrected chi connectivity index (χ4v) is 3.31. The van der Waals surface area contributed by atoms with Crippen LogP contribution in [-0.2, 0) is 9.63 Å². The van der Waals surface area contributed by atoms with Gasteiger partial charge in [-0.2, -0.15) is 0 Å². The summed E-state index contributed by atoms with van der Waals surface area (Å²) < 4.78 is 13.8. The van der Waals surface area contributed by atoms with Gasteiger partial charge >= 0.3 is 0 Å². The van der Waals surface area contributed by atoms with Gasteiger partial charge in [-0.05, 0) is 37.0 Å². The summed E-state index contributed by atoms with van der Waals surface area (Å²) in [4.78, 5) is 31.6. The van der Waals surface area contributed by atoms with Gasteiger partial charge < -0.3 is 4.90 Å². The van der Waals surface area contributed by atoms with E-state index in [2.05, 4.69) is 0 Å². The van der Waals surface area contributed by atoms with Crippen LogP contribution in [0, 0.1) is 11.7 Å². The molecular weight excluding hydrogens is 323 g/mol. The maximum absolute atomic E-state index is 13.8. The standard InChI is InChI=1S/C16H16ClFN2O3/c17-11-3-4-12(13(18)5-11)15(22)19-8-16(9-19)6-14(21)20(23-16)7-10-1-2-10/h3-5,10H,1-2,6-9H2. The molecule has 0 bridgehead atoms. The summed E-state index contributed by atoms with van der Waals surface area (Å²) in [5, 5.41) is 1.70. The van der Waals surface area contributed by atoms with Gasteiger partial charge in [0.1, 0.15) is 11.4 Å². The molecule has 1 aliphatic carbocycles. The number of nitrogens with zero attached hydrogens (tertiary/aromatic N) is 2. The second-order valence-electron chi connectivity index (χ2n) is 6.63. The Morgan fingerprint density at radius 3 is 2.78 bits per heavy atom. The minimum atomic E-state index is -0.637. The third kappa shape index (κ3) is 2.70. The van der Waals surface area contributed by atoms with Crippen LogP contribution < -0.4 is 0 Å². The summed E-state index contributed by atoms with van der Waals surface area (Å²) in [6.07, 6.45) is 2.56. The number of hydroxylamine groups is 2. The molecule has 5 nitrogen and oxygen atoms in total. The van der Waals surface area contributed by atoms with E-state index in [0.717, 1.165) is 18.9 Å². The van der Waals surface area contributed by atoms with Gasteiger partial charge in [0.15, 0.2) is 0 Å². The fraction of sp³-hybridized carbons (Fsp3) is 0.500. The van der Waals surface area contributed by atoms with Crippen LogP contribution in [-0.4, -0.2) is 47.0 Å². The van der Waals surface area contributed by atoms with Crippen molar-refractivity contribution in [1.82, 2.24) is 9.96 Å². The number of rotatable bonds is 3. The van der Waals surface area contributed by atoms with E-state index in [1.54, 1.807) is 0 Å². The first-order valence-corrected chi connectivity index (χ1v) is 8.07. The molecule has 3 aliphatic rings. The minimum Gasteiger partial charge on any atom is -0.332 e. The molecule has 1 saturated carbocycles. The van der Waals surface area contributed by atoms with Crippen molar-refractivity contribution in [1.29, 1.82) is 0 Å². The Hall–Kier alpha value is -1.66. The molecule has 1 aromatic carbocycles. The van der Waals surface area contributed by atoms with Gasteiger partial charge in [0.05, 0.1) is 31.6 Å². The first-order valence-electron chi connectivity index (χ1n) is 7.70. The quantitative estimate of drug-likeness (QED) is 0.849. The summed E-state index contributed by atoms with van der Waals surface area (Å²) in [5.74, 6) is -0.513. The maximum atomic E-state index is 13.8. The SMILES string of the molecule is O=C(c1ccc(Cl)cc1F)N1CC2(CC(=O)N(CC3CC3)O2)C1. The van der Waals surface area contributed by atoms with E-state index in [1.807, 2.05) is 0 Å². The number of carbonyl (C=O) groups excluding carboxylic acids is 2. The van der Waals surface area contributed by atoms with Gasteiger partial charge in [0.2, 0.25) is 5.91 Å². The first-order chi connectivity index (χ1) is 11.0. The molecule has 23 heavy (non-hydrogen) atoms. The highest BCUT2D eigenvalue weighted by Crippen LogP contribution is 2.39. The van der Waals surface area contributed by atoms with Crippen LogP contribution in [0.5, 0.6) is 0 Å². The molecule has 7 heteroatoms. The van der Waals surface area contributed by atoms with Crippen LogP contribution in [0.25, 0.3) is 0 Å². The lowest BCUT2D eigenvalue weighted by atomic mass is 9.90. The Bertz CT molecular complexity index is 686. The maximum Gasteiger partial charge on any atom is 0.257 e. The zero-order valence-electron chi connectivity index (χ0n) is 12.4. The lowest BCUT2D eigenvalue weighted by molar-refractivity contribution is -0.230. The minimum absolute atomic E-state index is 0.0107. The Kier molecular flexibility index (Phi) is 3.35. The van der Waals surface area contributed by atoms with Gasteiger partial charge in [-0.3, -0.25) is 14.4 Å². The number of amides is 2. The highest BCUT2D eigenvalue weighted by molar-refractivity contribution is 6.30. The smallest absolute Gasteiger partial charge is 0.257 e. The van der Waals surface area contributed by atoms with Crippen LogP contribution in [0.3, 0.4) is 0 Å². The highest BCUT2D eigenvalue weighted by atomic mass is 35.5. The Balaban J connectivity index is 1.41. The predicted octanol–water partition coefficient (Wildman–Crippen LogP) is 2.25. The van der Waals surface area contributed by atoms with E-state index in [1.165, 1.54) is 22.1 Å². The molecule has 2 aliphatic heterocycles. The third-order valence-corrected chi connectivity index (χ3v) is 4.82. The van der Waals surface area contributed by atoms with E-state index in [4.69, 9.17) is 16.4 Å². The van der Waals surface area contributed by atoms with Crippen LogP contribution in [0.1, 0.15) is 29.6 Å². The van der Waals surface area contributed by atoms with Gasteiger partial charge in [-0.25, -0.2) is 9.45 Å². The molecule has 0 unspecified atom stereocenters. The van der Waals surface area contributed by atoms with E-state index in [0.29, 0.717) is 25.6 Å². The number of hydrogen-bond donors (Lipinski definition) is 0. The molecule has 2 saturated heterocycles. The van der Waals surface area contributed by atoms with Gasteiger partial charge in [0.25, 0.3) is 5.91 Å². The van der Waals surface area contributed by atoms with Crippen LogP contribution in [0.15, 0.2) is 18.2 Å². The number of carbonyl (C=O) groups is 2. The largest absolute Gasteiger partial charge is 0.332 e. The lowest BCUT2D eigenvalue weighted by Crippen LogP contribution is -2.63. The van der Waals surface area contributed by atoms with E-state index in [9.17, 15) is 14.0 Å². The van der Waals surface area contributed by atoms with Crippen LogP contribution in [0.2, 0.25) is 5.02 Å². The molecule has 0 radical (unpaired) electrons. The van der Waals surface area contributed by atoms with Crippen molar-refractivity contribution in [2.75, 3.05) is 19.6 Å². The molecule has 4 rings (SSSR count). The topological polar surface area (TPSA) is 49.9 Å². The Morgan fingerprint density at radius 1 is 1.39 bits per heavy atom. The molecule has 2 amide bonds. The van der Waals surface area contributed by atoms with Crippen molar-refractivity contribution >= 4 is 23.4 Å². The average molecular weight is 339 g/mol. The van der Waals surface area contributed by atoms with E-state index < -0.39 is 17.3 Å². The first kappa shape index (κ1) is 14.9. The molecule has 1 aromatic rings. The highest BCUT2D eigenvalue weighted by Gasteiger charge is 2.55. The molecule has 3 fully saturated rings. The van der Waals surface area contributed by atoms with Crippen molar-refractivity contribution in [2.24, 2.45) is 5.92 Å². The van der Waals surface area contributed by atoms with E-state index >= 15 is 0 Å². The second kappa shape index (κ2) is 5.18. The van der Waals surface area contributed by atoms with Crippen LogP contribution >= 0.6 is 11.6 Å². The van der Waals surface area contributed by atoms with Crippen molar-refractivity contribution in [3.05, 3.63) is 34.6 Å². The Labute approximate surface area is 137 Å². The lowest BCUT2D eigenvalue weighted by Gasteiger charge is -2.45. The van der Waals surface area contributed by atoms with Crippen molar-refractivity contribution in [3.63, 3.8) is 0 Å². The van der Waals surface area contributed by atoms with Gasteiger partial charge in [-0.15, -0.1) is 0 Å². The Morgan fingerprint density at radius 2 is 2.13 bits per heavy atom. The van der Waals surface area contributed by atoms with Crippen molar-refractivity contribution in [2.45, 2.75) is 24.9 Å². The van der Waals surface area contributed by atoms with Crippen LogP contribution in [0.4, 0.5) is 4.39 Å². The zero-order valence-corrected chi connectivity index (χ0v) is 13.2. The summed E-state index contributed by atoms with van der Waals surface area (Å²) in [5.41, 5.74) is -0.631. The third-order valence-electron chi connectivity index (χ3n) is 4.58. The van der Waals surface area contributed by atoms with Gasteiger partial charge in [0, 0.05) is 5.02 Å². The summed E-state index contributed by atoms with van der Waals surface area (Å²) in [6, 6.07) is 3.99. The molecule has 1 spiro atoms. The molecular formula is C16H16ClFN2O3. The predicted molar refractivity (Wildman–Crippen MR) is 80.2 cm³/mol. The molecule has 0 N–H and O–H groups in total. The zero-order chi connectivity index (χ0) is 16.2. The number of hydrogen-bond acceptors (Lipinski definition) is 3. The summed E-state index contributed by atoms with van der Waals surface area (Å²) in [7, 11) is 0. The molecule has 122 valence electrons. The molecule has 0 atom stereocenters. The monoisotopic (exact) mass is 338 g/mol.